The molecule has 1 aromatic carbocycles. The lowest BCUT2D eigenvalue weighted by Gasteiger charge is -2.22. The molecule has 19 heavy (non-hydrogen) atoms. The molecule has 0 fully saturated rings. The largest absolute Gasteiger partial charge is 0.591 e. The first-order chi connectivity index (χ1) is 8.79. The molecule has 1 aromatic rings. The molecule has 0 bridgehead atoms. The molecule has 0 spiro atoms. The number of benzene rings is 1. The highest BCUT2D eigenvalue weighted by atomic mass is 32.2. The molecular weight excluding hydrogens is 272 g/mol. The molecule has 0 unspecified atom stereocenters. The van der Waals surface area contributed by atoms with Gasteiger partial charge in [0.25, 0.3) is 0 Å². The molecule has 6 heteroatoms. The Labute approximate surface area is 114 Å². The Morgan fingerprint density at radius 1 is 1.32 bits per heavy atom. The Bertz CT molecular complexity index is 526. The van der Waals surface area contributed by atoms with Gasteiger partial charge in [0.1, 0.15) is 39.2 Å². The summed E-state index contributed by atoms with van der Waals surface area (Å²) < 4.78 is 47.7. The maximum absolute atomic E-state index is 13.8. The van der Waals surface area contributed by atoms with E-state index in [-0.39, 0.29) is 17.9 Å². The molecule has 0 aromatic heterocycles. The van der Waals surface area contributed by atoms with E-state index < -0.39 is 27.7 Å². The van der Waals surface area contributed by atoms with Gasteiger partial charge in [0.2, 0.25) is 0 Å². The second-order valence-electron chi connectivity index (χ2n) is 5.26. The zero-order valence-electron chi connectivity index (χ0n) is 11.0. The number of rotatable bonds is 1. The summed E-state index contributed by atoms with van der Waals surface area (Å²) >= 11 is -1.48. The highest BCUT2D eigenvalue weighted by molar-refractivity contribution is 7.91. The fraction of sp³-hybridized carbons (Fsp3) is 0.462. The molecule has 104 valence electrons. The minimum atomic E-state index is -1.48. The molecule has 0 saturated carbocycles. The molecular formula is C13H15F2NO2S. The molecule has 1 aliphatic rings. The predicted octanol–water partition coefficient (Wildman–Crippen LogP) is 3.00. The minimum absolute atomic E-state index is 0.116. The van der Waals surface area contributed by atoms with Crippen LogP contribution >= 0.6 is 0 Å². The Balaban J connectivity index is 2.46. The Morgan fingerprint density at radius 2 is 2.00 bits per heavy atom. The van der Waals surface area contributed by atoms with Crippen LogP contribution in [0.25, 0.3) is 0 Å². The van der Waals surface area contributed by atoms with Crippen molar-refractivity contribution in [1.82, 2.24) is 0 Å². The molecule has 3 nitrogen and oxygen atoms in total. The normalized spacial score (nSPS) is 18.9. The summed E-state index contributed by atoms with van der Waals surface area (Å²) in [5.41, 5.74) is 0.484. The maximum atomic E-state index is 13.8. The van der Waals surface area contributed by atoms with Gasteiger partial charge in [0.05, 0.1) is 12.2 Å². The van der Waals surface area contributed by atoms with Crippen LogP contribution in [0.5, 0.6) is 5.75 Å². The van der Waals surface area contributed by atoms with Crippen LogP contribution in [-0.2, 0) is 11.4 Å². The predicted molar refractivity (Wildman–Crippen MR) is 70.9 cm³/mol. The molecule has 1 aliphatic heterocycles. The number of hydrogen-bond donors (Lipinski definition) is 0. The third-order valence-electron chi connectivity index (χ3n) is 2.62. The first-order valence-electron chi connectivity index (χ1n) is 5.91. The van der Waals surface area contributed by atoms with E-state index >= 15 is 0 Å². The lowest BCUT2D eigenvalue weighted by Crippen LogP contribution is -2.28. The van der Waals surface area contributed by atoms with Gasteiger partial charge in [-0.1, -0.05) is 4.40 Å². The van der Waals surface area contributed by atoms with E-state index in [1.54, 1.807) is 20.8 Å². The van der Waals surface area contributed by atoms with Gasteiger partial charge in [-0.3, -0.25) is 0 Å². The molecule has 0 amide bonds. The first kappa shape index (κ1) is 14.3. The first-order valence-corrected chi connectivity index (χ1v) is 7.01. The van der Waals surface area contributed by atoms with E-state index in [4.69, 9.17) is 4.74 Å². The van der Waals surface area contributed by atoms with Crippen LogP contribution in [0.2, 0.25) is 0 Å². The van der Waals surface area contributed by atoms with Crippen LogP contribution in [0.15, 0.2) is 16.5 Å². The Kier molecular flexibility index (Phi) is 3.82. The van der Waals surface area contributed by atoms with Crippen molar-refractivity contribution in [3.05, 3.63) is 29.3 Å². The fourth-order valence-electron chi connectivity index (χ4n) is 1.65. The van der Waals surface area contributed by atoms with Crippen molar-refractivity contribution in [3.63, 3.8) is 0 Å². The van der Waals surface area contributed by atoms with Crippen LogP contribution in [0.3, 0.4) is 0 Å². The summed E-state index contributed by atoms with van der Waals surface area (Å²) in [6.07, 6.45) is 0.359. The van der Waals surface area contributed by atoms with E-state index in [1.807, 2.05) is 0 Å². The molecule has 0 N–H and O–H groups in total. The summed E-state index contributed by atoms with van der Waals surface area (Å²) in [4.78, 5) is 0. The average molecular weight is 287 g/mol. The van der Waals surface area contributed by atoms with Crippen LogP contribution in [0.4, 0.5) is 8.78 Å². The molecule has 0 saturated heterocycles. The van der Waals surface area contributed by atoms with Gasteiger partial charge < -0.3 is 9.29 Å². The van der Waals surface area contributed by atoms with E-state index in [0.29, 0.717) is 12.1 Å². The highest BCUT2D eigenvalue weighted by Gasteiger charge is 2.30. The van der Waals surface area contributed by atoms with E-state index in [2.05, 4.69) is 4.40 Å². The van der Waals surface area contributed by atoms with Crippen molar-refractivity contribution in [2.45, 2.75) is 31.9 Å². The average Bonchev–Trinajstić information content (AvgIpc) is 2.26. The van der Waals surface area contributed by atoms with Crippen LogP contribution < -0.4 is 4.74 Å². The quantitative estimate of drug-likeness (QED) is 0.745. The van der Waals surface area contributed by atoms with Crippen molar-refractivity contribution in [2.75, 3.05) is 6.61 Å². The SMILES string of the molecule is CC(C)(C)[S@@+]([O-])/N=C1\CCOc2cc(F)cc(F)c21. The molecule has 0 radical (unpaired) electrons. The standard InChI is InChI=1S/C13H15F2NO2S/c1-13(2,3)19(17)16-10-4-5-18-11-7-8(14)6-9(15)12(10)11/h6-7H,4-5H2,1-3H3/b16-10+/t19-/m1/s1. The number of ether oxygens (including phenoxy) is 1. The number of fused-ring (bicyclic) bond motifs is 1. The van der Waals surface area contributed by atoms with Crippen molar-refractivity contribution < 1.29 is 18.1 Å². The summed E-state index contributed by atoms with van der Waals surface area (Å²) in [5.74, 6) is -1.32. The Hall–Kier alpha value is -1.14. The highest BCUT2D eigenvalue weighted by Crippen LogP contribution is 2.30. The summed E-state index contributed by atoms with van der Waals surface area (Å²) in [5, 5.41) is 0. The molecule has 1 heterocycles. The third-order valence-corrected chi connectivity index (χ3v) is 4.05. The minimum Gasteiger partial charge on any atom is -0.591 e. The zero-order valence-corrected chi connectivity index (χ0v) is 11.8. The number of hydrogen-bond acceptors (Lipinski definition) is 3. The van der Waals surface area contributed by atoms with Crippen molar-refractivity contribution in [1.29, 1.82) is 0 Å². The topological polar surface area (TPSA) is 44.7 Å². The molecule has 2 rings (SSSR count). The molecule has 0 aliphatic carbocycles. The number of nitrogens with zero attached hydrogens (tertiary/aromatic N) is 1. The molecule has 1 atom stereocenters. The van der Waals surface area contributed by atoms with Gasteiger partial charge in [0, 0.05) is 18.6 Å². The van der Waals surface area contributed by atoms with E-state index in [9.17, 15) is 13.3 Å². The second kappa shape index (κ2) is 5.09. The monoisotopic (exact) mass is 287 g/mol. The van der Waals surface area contributed by atoms with Crippen molar-refractivity contribution >= 4 is 17.1 Å². The third kappa shape index (κ3) is 3.06. The maximum Gasteiger partial charge on any atom is 0.144 e. The lowest BCUT2D eigenvalue weighted by molar-refractivity contribution is 0.315. The van der Waals surface area contributed by atoms with Crippen molar-refractivity contribution in [2.24, 2.45) is 4.40 Å². The fourth-order valence-corrected chi connectivity index (χ4v) is 2.31. The van der Waals surface area contributed by atoms with Crippen LogP contribution in [0, 0.1) is 11.6 Å². The smallest absolute Gasteiger partial charge is 0.144 e. The Morgan fingerprint density at radius 3 is 2.63 bits per heavy atom. The van der Waals surface area contributed by atoms with Crippen LogP contribution in [-0.4, -0.2) is 21.6 Å². The second-order valence-corrected chi connectivity index (χ2v) is 7.16. The van der Waals surface area contributed by atoms with Crippen molar-refractivity contribution in [3.8, 4) is 5.75 Å². The zero-order chi connectivity index (χ0) is 14.2. The number of halogens is 2. The summed E-state index contributed by atoms with van der Waals surface area (Å²) in [6, 6.07) is 1.90. The van der Waals surface area contributed by atoms with E-state index in [1.165, 1.54) is 0 Å². The van der Waals surface area contributed by atoms with Gasteiger partial charge in [-0.25, -0.2) is 8.78 Å². The van der Waals surface area contributed by atoms with Gasteiger partial charge in [-0.15, -0.1) is 0 Å². The van der Waals surface area contributed by atoms with E-state index in [0.717, 1.165) is 12.1 Å². The van der Waals surface area contributed by atoms with Gasteiger partial charge in [0.15, 0.2) is 0 Å². The summed E-state index contributed by atoms with van der Waals surface area (Å²) in [6.45, 7) is 5.63. The van der Waals surface area contributed by atoms with Gasteiger partial charge in [-0.05, 0) is 20.8 Å². The van der Waals surface area contributed by atoms with Gasteiger partial charge in [-0.2, -0.15) is 0 Å². The van der Waals surface area contributed by atoms with Gasteiger partial charge >= 0.3 is 0 Å². The lowest BCUT2D eigenvalue weighted by atomic mass is 10.0. The van der Waals surface area contributed by atoms with Crippen LogP contribution in [0.1, 0.15) is 32.8 Å². The summed E-state index contributed by atoms with van der Waals surface area (Å²) in [7, 11) is 0.